The molecule has 1 fully saturated rings. The largest absolute Gasteiger partial charge is 0.384 e. The molecule has 0 radical (unpaired) electrons. The lowest BCUT2D eigenvalue weighted by atomic mass is 10.2. The van der Waals surface area contributed by atoms with Crippen LogP contribution in [0.3, 0.4) is 0 Å². The summed E-state index contributed by atoms with van der Waals surface area (Å²) < 4.78 is 0. The van der Waals surface area contributed by atoms with Crippen LogP contribution in [0.1, 0.15) is 32.5 Å². The summed E-state index contributed by atoms with van der Waals surface area (Å²) in [6, 6.07) is 2.11. The van der Waals surface area contributed by atoms with Gasteiger partial charge in [0.2, 0.25) is 5.96 Å². The Labute approximate surface area is 119 Å². The zero-order chi connectivity index (χ0) is 14.5. The van der Waals surface area contributed by atoms with Gasteiger partial charge in [0, 0.05) is 30.6 Å². The van der Waals surface area contributed by atoms with Crippen LogP contribution in [0.15, 0.2) is 28.4 Å². The van der Waals surface area contributed by atoms with Crippen molar-refractivity contribution in [3.8, 4) is 0 Å². The van der Waals surface area contributed by atoms with Gasteiger partial charge in [0.25, 0.3) is 0 Å². The van der Waals surface area contributed by atoms with Gasteiger partial charge in [0.05, 0.1) is 0 Å². The predicted octanol–water partition coefficient (Wildman–Crippen LogP) is 1.96. The molecule has 0 aliphatic carbocycles. The zero-order valence-corrected chi connectivity index (χ0v) is 12.0. The molecule has 1 aliphatic heterocycles. The Morgan fingerprint density at radius 3 is 3.00 bits per heavy atom. The number of guanidine groups is 1. The first-order chi connectivity index (χ1) is 9.61. The molecule has 0 saturated carbocycles. The predicted molar refractivity (Wildman–Crippen MR) is 82.5 cm³/mol. The Hall–Kier alpha value is -2.24. The highest BCUT2D eigenvalue weighted by Gasteiger charge is 2.22. The van der Waals surface area contributed by atoms with Crippen LogP contribution in [0, 0.1) is 0 Å². The maximum Gasteiger partial charge on any atom is 0.224 e. The van der Waals surface area contributed by atoms with Crippen molar-refractivity contribution in [2.24, 2.45) is 9.98 Å². The van der Waals surface area contributed by atoms with E-state index in [1.807, 2.05) is 6.92 Å². The first-order valence-electron chi connectivity index (χ1n) is 6.68. The van der Waals surface area contributed by atoms with E-state index >= 15 is 0 Å². The number of likely N-dealkylation sites (tertiary alicyclic amines) is 1. The van der Waals surface area contributed by atoms with E-state index in [1.54, 1.807) is 18.5 Å². The molecule has 1 aliphatic rings. The molecule has 6 heteroatoms. The summed E-state index contributed by atoms with van der Waals surface area (Å²) in [4.78, 5) is 18.9. The molecule has 1 aromatic heterocycles. The lowest BCUT2D eigenvalue weighted by Crippen LogP contribution is -2.32. The molecular formula is C14H20N6. The number of hydrogen-bond acceptors (Lipinski definition) is 4. The number of nitrogens with zero attached hydrogens (tertiary/aromatic N) is 5. The topological polar surface area (TPSA) is 79.8 Å². The lowest BCUT2D eigenvalue weighted by molar-refractivity contribution is 0.411. The van der Waals surface area contributed by atoms with Gasteiger partial charge in [0.15, 0.2) is 5.82 Å². The summed E-state index contributed by atoms with van der Waals surface area (Å²) in [5.41, 5.74) is 6.48. The van der Waals surface area contributed by atoms with E-state index in [9.17, 15) is 0 Å². The molecule has 2 N–H and O–H groups in total. The molecular weight excluding hydrogens is 252 g/mol. The molecule has 0 spiro atoms. The summed E-state index contributed by atoms with van der Waals surface area (Å²) in [6.45, 7) is 8.64. The monoisotopic (exact) mass is 272 g/mol. The van der Waals surface area contributed by atoms with Crippen LogP contribution in [0.2, 0.25) is 0 Å². The van der Waals surface area contributed by atoms with Gasteiger partial charge >= 0.3 is 0 Å². The Morgan fingerprint density at radius 2 is 2.40 bits per heavy atom. The second kappa shape index (κ2) is 6.27. The number of rotatable bonds is 2. The third-order valence-corrected chi connectivity index (χ3v) is 3.35. The van der Waals surface area contributed by atoms with Crippen LogP contribution in [-0.4, -0.2) is 40.1 Å². The first kappa shape index (κ1) is 14.2. The number of anilines is 1. The second-order valence-corrected chi connectivity index (χ2v) is 4.89. The fourth-order valence-corrected chi connectivity index (χ4v) is 2.21. The SMILES string of the molecule is C=NC(=N/C=C(\C)c1nccc(N)n1)N1CCC[C@H]1C. The van der Waals surface area contributed by atoms with E-state index in [-0.39, 0.29) is 0 Å². The Bertz CT molecular complexity index is 548. The quantitative estimate of drug-likeness (QED) is 0.659. The fourth-order valence-electron chi connectivity index (χ4n) is 2.21. The zero-order valence-electron chi connectivity index (χ0n) is 12.0. The normalized spacial score (nSPS) is 20.3. The number of nitrogen functional groups attached to an aromatic ring is 1. The minimum absolute atomic E-state index is 0.446. The van der Waals surface area contributed by atoms with E-state index in [0.29, 0.717) is 23.6 Å². The minimum atomic E-state index is 0.446. The van der Waals surface area contributed by atoms with E-state index < -0.39 is 0 Å². The molecule has 6 nitrogen and oxygen atoms in total. The number of aromatic nitrogens is 2. The fraction of sp³-hybridized carbons (Fsp3) is 0.429. The Morgan fingerprint density at radius 1 is 1.60 bits per heavy atom. The summed E-state index contributed by atoms with van der Waals surface area (Å²) >= 11 is 0. The van der Waals surface area contributed by atoms with Crippen molar-refractivity contribution >= 4 is 24.1 Å². The first-order valence-corrected chi connectivity index (χ1v) is 6.68. The molecule has 20 heavy (non-hydrogen) atoms. The van der Waals surface area contributed by atoms with Crippen LogP contribution in [0.4, 0.5) is 5.82 Å². The van der Waals surface area contributed by atoms with Gasteiger partial charge in [-0.15, -0.1) is 0 Å². The third kappa shape index (κ3) is 3.20. The van der Waals surface area contributed by atoms with Crippen LogP contribution in [-0.2, 0) is 0 Å². The van der Waals surface area contributed by atoms with Gasteiger partial charge in [-0.2, -0.15) is 0 Å². The highest BCUT2D eigenvalue weighted by molar-refractivity contribution is 5.85. The molecule has 0 aromatic carbocycles. The number of hydrogen-bond donors (Lipinski definition) is 1. The van der Waals surface area contributed by atoms with E-state index in [1.165, 1.54) is 0 Å². The van der Waals surface area contributed by atoms with Gasteiger partial charge in [-0.1, -0.05) is 0 Å². The highest BCUT2D eigenvalue weighted by atomic mass is 15.3. The van der Waals surface area contributed by atoms with Crippen molar-refractivity contribution in [3.63, 3.8) is 0 Å². The van der Waals surface area contributed by atoms with Gasteiger partial charge in [-0.25, -0.2) is 20.0 Å². The van der Waals surface area contributed by atoms with Gasteiger partial charge in [-0.3, -0.25) is 0 Å². The minimum Gasteiger partial charge on any atom is -0.384 e. The Kier molecular flexibility index (Phi) is 4.45. The lowest BCUT2D eigenvalue weighted by Gasteiger charge is -2.21. The summed E-state index contributed by atoms with van der Waals surface area (Å²) in [7, 11) is 0. The molecule has 0 amide bonds. The standard InChI is InChI=1S/C14H20N6/c1-10(13-17-7-6-12(15)19-13)9-18-14(16-3)20-8-4-5-11(20)2/h6-7,9,11H,3-5,8H2,1-2H3,(H2,15,17,19)/b10-9+,18-14?/t11-/m1/s1. The van der Waals surface area contributed by atoms with E-state index in [2.05, 4.69) is 38.5 Å². The Balaban J connectivity index is 2.20. The van der Waals surface area contributed by atoms with Gasteiger partial charge in [0.1, 0.15) is 5.82 Å². The summed E-state index contributed by atoms with van der Waals surface area (Å²) in [6.07, 6.45) is 5.67. The van der Waals surface area contributed by atoms with Gasteiger partial charge < -0.3 is 10.6 Å². The van der Waals surface area contributed by atoms with Crippen molar-refractivity contribution < 1.29 is 0 Å². The summed E-state index contributed by atoms with van der Waals surface area (Å²) in [5, 5.41) is 0. The van der Waals surface area contributed by atoms with Crippen LogP contribution in [0.25, 0.3) is 5.57 Å². The molecule has 0 bridgehead atoms. The average molecular weight is 272 g/mol. The van der Waals surface area contributed by atoms with Crippen molar-refractivity contribution in [1.82, 2.24) is 14.9 Å². The molecule has 0 unspecified atom stereocenters. The summed E-state index contributed by atoms with van der Waals surface area (Å²) in [5.74, 6) is 1.67. The van der Waals surface area contributed by atoms with Crippen LogP contribution >= 0.6 is 0 Å². The number of aliphatic imine (C=N–C) groups is 2. The molecule has 1 aromatic rings. The van der Waals surface area contributed by atoms with Crippen molar-refractivity contribution in [2.75, 3.05) is 12.3 Å². The number of allylic oxidation sites excluding steroid dienone is 1. The van der Waals surface area contributed by atoms with E-state index in [4.69, 9.17) is 5.73 Å². The van der Waals surface area contributed by atoms with Crippen LogP contribution in [0.5, 0.6) is 0 Å². The van der Waals surface area contributed by atoms with E-state index in [0.717, 1.165) is 25.0 Å². The van der Waals surface area contributed by atoms with Gasteiger partial charge in [-0.05, 0) is 39.5 Å². The van der Waals surface area contributed by atoms with Crippen molar-refractivity contribution in [1.29, 1.82) is 0 Å². The number of nitrogens with two attached hydrogens (primary N) is 1. The molecule has 106 valence electrons. The third-order valence-electron chi connectivity index (χ3n) is 3.35. The van der Waals surface area contributed by atoms with Crippen molar-refractivity contribution in [2.45, 2.75) is 32.7 Å². The van der Waals surface area contributed by atoms with Crippen LogP contribution < -0.4 is 5.73 Å². The maximum absolute atomic E-state index is 5.65. The molecule has 2 rings (SSSR count). The maximum atomic E-state index is 5.65. The second-order valence-electron chi connectivity index (χ2n) is 4.89. The average Bonchev–Trinajstić information content (AvgIpc) is 2.86. The highest BCUT2D eigenvalue weighted by Crippen LogP contribution is 2.18. The molecule has 1 atom stereocenters. The smallest absolute Gasteiger partial charge is 0.224 e. The molecule has 2 heterocycles. The molecule has 1 saturated heterocycles. The van der Waals surface area contributed by atoms with Crippen molar-refractivity contribution in [3.05, 3.63) is 24.3 Å².